The van der Waals surface area contributed by atoms with Gasteiger partial charge in [-0.05, 0) is 43.5 Å². The summed E-state index contributed by atoms with van der Waals surface area (Å²) in [6, 6.07) is 5.98. The Morgan fingerprint density at radius 1 is 1.31 bits per heavy atom. The Morgan fingerprint density at radius 2 is 2.08 bits per heavy atom. The molecule has 1 unspecified atom stereocenters. The normalized spacial score (nSPS) is 17.2. The van der Waals surface area contributed by atoms with Crippen molar-refractivity contribution in [1.82, 2.24) is 10.2 Å². The predicted molar refractivity (Wildman–Crippen MR) is 98.8 cm³/mol. The molecule has 8 nitrogen and oxygen atoms in total. The van der Waals surface area contributed by atoms with Crippen molar-refractivity contribution in [3.63, 3.8) is 0 Å². The molecule has 1 aromatic carbocycles. The lowest BCUT2D eigenvalue weighted by molar-refractivity contribution is -0.118. The van der Waals surface area contributed by atoms with E-state index >= 15 is 0 Å². The molecule has 26 heavy (non-hydrogen) atoms. The van der Waals surface area contributed by atoms with Gasteiger partial charge in [-0.15, -0.1) is 10.2 Å². The third-order valence-corrected chi connectivity index (χ3v) is 6.34. The summed E-state index contributed by atoms with van der Waals surface area (Å²) in [4.78, 5) is 12.1. The zero-order valence-electron chi connectivity index (χ0n) is 14.3. The van der Waals surface area contributed by atoms with Gasteiger partial charge in [-0.1, -0.05) is 18.3 Å². The third-order valence-electron chi connectivity index (χ3n) is 3.88. The number of benzene rings is 1. The van der Waals surface area contributed by atoms with E-state index < -0.39 is 10.0 Å². The fourth-order valence-corrected chi connectivity index (χ4v) is 4.46. The molecule has 3 rings (SSSR count). The van der Waals surface area contributed by atoms with Crippen LogP contribution in [0, 0.1) is 0 Å². The number of rotatable bonds is 7. The second-order valence-electron chi connectivity index (χ2n) is 5.87. The van der Waals surface area contributed by atoms with E-state index in [1.54, 1.807) is 12.1 Å². The first-order chi connectivity index (χ1) is 12.5. The van der Waals surface area contributed by atoms with Gasteiger partial charge >= 0.3 is 0 Å². The molecular formula is C16H20N4O4S2. The Kier molecular flexibility index (Phi) is 5.84. The fraction of sp³-hybridized carbons (Fsp3) is 0.438. The van der Waals surface area contributed by atoms with Crippen LogP contribution in [0.2, 0.25) is 0 Å². The first-order valence-electron chi connectivity index (χ1n) is 8.33. The summed E-state index contributed by atoms with van der Waals surface area (Å²) >= 11 is 1.20. The minimum Gasteiger partial charge on any atom is -0.378 e. The van der Waals surface area contributed by atoms with E-state index in [9.17, 15) is 13.2 Å². The molecule has 2 heterocycles. The number of anilines is 2. The lowest BCUT2D eigenvalue weighted by Gasteiger charge is -2.10. The Morgan fingerprint density at radius 3 is 2.69 bits per heavy atom. The van der Waals surface area contributed by atoms with Crippen LogP contribution in [0.3, 0.4) is 0 Å². The van der Waals surface area contributed by atoms with Crippen molar-refractivity contribution < 1.29 is 17.9 Å². The summed E-state index contributed by atoms with van der Waals surface area (Å²) in [6.07, 6.45) is 2.84. The maximum absolute atomic E-state index is 12.4. The van der Waals surface area contributed by atoms with Crippen molar-refractivity contribution >= 4 is 38.1 Å². The second kappa shape index (κ2) is 8.11. The summed E-state index contributed by atoms with van der Waals surface area (Å²) in [5.74, 6) is -0.147. The highest BCUT2D eigenvalue weighted by Crippen LogP contribution is 2.22. The van der Waals surface area contributed by atoms with Gasteiger partial charge in [-0.25, -0.2) is 8.42 Å². The Hall–Kier alpha value is -2.04. The van der Waals surface area contributed by atoms with Crippen LogP contribution in [0.4, 0.5) is 10.8 Å². The van der Waals surface area contributed by atoms with Gasteiger partial charge in [0.05, 0.1) is 17.4 Å². The number of hydrogen-bond donors (Lipinski definition) is 2. The van der Waals surface area contributed by atoms with E-state index in [4.69, 9.17) is 4.74 Å². The molecule has 2 aromatic rings. The quantitative estimate of drug-likeness (QED) is 0.744. The van der Waals surface area contributed by atoms with Gasteiger partial charge in [0.1, 0.15) is 5.01 Å². The van der Waals surface area contributed by atoms with Gasteiger partial charge < -0.3 is 10.1 Å². The van der Waals surface area contributed by atoms with E-state index in [0.29, 0.717) is 25.1 Å². The molecule has 0 radical (unpaired) electrons. The molecule has 2 N–H and O–H groups in total. The van der Waals surface area contributed by atoms with E-state index in [-0.39, 0.29) is 22.0 Å². The van der Waals surface area contributed by atoms with Crippen molar-refractivity contribution in [2.45, 2.75) is 43.6 Å². The summed E-state index contributed by atoms with van der Waals surface area (Å²) in [6.45, 7) is 2.62. The van der Waals surface area contributed by atoms with E-state index in [1.807, 2.05) is 6.92 Å². The molecule has 1 atom stereocenters. The predicted octanol–water partition coefficient (Wildman–Crippen LogP) is 2.41. The highest BCUT2D eigenvalue weighted by molar-refractivity contribution is 7.93. The average Bonchev–Trinajstić information content (AvgIpc) is 3.26. The van der Waals surface area contributed by atoms with E-state index in [0.717, 1.165) is 17.8 Å². The topological polar surface area (TPSA) is 110 Å². The molecule has 0 aliphatic carbocycles. The van der Waals surface area contributed by atoms with Crippen molar-refractivity contribution in [2.24, 2.45) is 0 Å². The molecule has 1 aromatic heterocycles. The number of nitrogens with zero attached hydrogens (tertiary/aromatic N) is 2. The minimum absolute atomic E-state index is 0.0289. The highest BCUT2D eigenvalue weighted by Gasteiger charge is 2.20. The number of carbonyl (C=O) groups is 1. The molecule has 0 spiro atoms. The second-order valence-corrected chi connectivity index (χ2v) is 8.62. The maximum Gasteiger partial charge on any atom is 0.263 e. The number of aryl methyl sites for hydroxylation is 1. The van der Waals surface area contributed by atoms with Crippen LogP contribution in [0.15, 0.2) is 29.2 Å². The maximum atomic E-state index is 12.4. The molecule has 10 heteroatoms. The Labute approximate surface area is 156 Å². The smallest absolute Gasteiger partial charge is 0.263 e. The monoisotopic (exact) mass is 396 g/mol. The van der Waals surface area contributed by atoms with E-state index in [2.05, 4.69) is 20.2 Å². The van der Waals surface area contributed by atoms with Crippen LogP contribution in [0.5, 0.6) is 0 Å². The van der Waals surface area contributed by atoms with Crippen LogP contribution < -0.4 is 10.0 Å². The van der Waals surface area contributed by atoms with Gasteiger partial charge in [0.15, 0.2) is 0 Å². The molecule has 1 fully saturated rings. The summed E-state index contributed by atoms with van der Waals surface area (Å²) in [5, 5.41) is 11.4. The summed E-state index contributed by atoms with van der Waals surface area (Å²) in [5.41, 5.74) is 0.538. The Balaban J connectivity index is 1.61. The first kappa shape index (κ1) is 18.7. The van der Waals surface area contributed by atoms with Gasteiger partial charge in [-0.2, -0.15) is 0 Å². The van der Waals surface area contributed by atoms with Crippen molar-refractivity contribution in [3.8, 4) is 0 Å². The Bertz CT molecular complexity index is 859. The number of sulfonamides is 1. The molecule has 1 aliphatic heterocycles. The SMILES string of the molecule is CCc1nnc(NS(=O)(=O)c2ccc(NC(=O)CC3CCCO3)cc2)s1. The number of amides is 1. The number of ether oxygens (including phenoxy) is 1. The van der Waals surface area contributed by atoms with Gasteiger partial charge in [0.2, 0.25) is 11.0 Å². The number of carbonyl (C=O) groups excluding carboxylic acids is 1. The average molecular weight is 396 g/mol. The van der Waals surface area contributed by atoms with Gasteiger partial charge in [-0.3, -0.25) is 9.52 Å². The lowest BCUT2D eigenvalue weighted by Crippen LogP contribution is -2.19. The minimum atomic E-state index is -3.75. The molecule has 1 amide bonds. The van der Waals surface area contributed by atoms with Crippen molar-refractivity contribution in [3.05, 3.63) is 29.3 Å². The zero-order chi connectivity index (χ0) is 18.6. The van der Waals surface area contributed by atoms with E-state index in [1.165, 1.54) is 23.5 Å². The van der Waals surface area contributed by atoms with Crippen LogP contribution in [-0.2, 0) is 26.0 Å². The summed E-state index contributed by atoms with van der Waals surface area (Å²) < 4.78 is 32.6. The number of nitrogens with one attached hydrogen (secondary N) is 2. The van der Waals surface area contributed by atoms with Crippen LogP contribution in [-0.4, -0.2) is 37.2 Å². The fourth-order valence-electron chi connectivity index (χ4n) is 2.55. The van der Waals surface area contributed by atoms with Gasteiger partial charge in [0.25, 0.3) is 10.0 Å². The largest absolute Gasteiger partial charge is 0.378 e. The standard InChI is InChI=1S/C16H20N4O4S2/c1-2-15-18-19-16(25-15)20-26(22,23)13-7-5-11(6-8-13)17-14(21)10-12-4-3-9-24-12/h5-8,12H,2-4,9-10H2,1H3,(H,17,21)(H,19,20). The van der Waals surface area contributed by atoms with Crippen LogP contribution >= 0.6 is 11.3 Å². The molecule has 0 saturated carbocycles. The van der Waals surface area contributed by atoms with Gasteiger partial charge in [0, 0.05) is 12.3 Å². The van der Waals surface area contributed by atoms with Crippen molar-refractivity contribution in [1.29, 1.82) is 0 Å². The lowest BCUT2D eigenvalue weighted by atomic mass is 10.2. The number of hydrogen-bond acceptors (Lipinski definition) is 7. The molecular weight excluding hydrogens is 376 g/mol. The van der Waals surface area contributed by atoms with Crippen molar-refractivity contribution in [2.75, 3.05) is 16.6 Å². The van der Waals surface area contributed by atoms with Crippen LogP contribution in [0.25, 0.3) is 0 Å². The molecule has 1 saturated heterocycles. The summed E-state index contributed by atoms with van der Waals surface area (Å²) in [7, 11) is -3.75. The third kappa shape index (κ3) is 4.77. The van der Waals surface area contributed by atoms with Crippen LogP contribution in [0.1, 0.15) is 31.2 Å². The molecule has 1 aliphatic rings. The zero-order valence-corrected chi connectivity index (χ0v) is 15.9. The highest BCUT2D eigenvalue weighted by atomic mass is 32.2. The molecule has 140 valence electrons. The first-order valence-corrected chi connectivity index (χ1v) is 10.6. The molecule has 0 bridgehead atoms. The number of aromatic nitrogens is 2.